The van der Waals surface area contributed by atoms with Crippen LogP contribution in [0.3, 0.4) is 0 Å². The minimum absolute atomic E-state index is 0.0278. The van der Waals surface area contributed by atoms with Crippen molar-refractivity contribution in [3.8, 4) is 0 Å². The molecule has 8 heteroatoms. The average Bonchev–Trinajstić information content (AvgIpc) is 2.78. The Hall–Kier alpha value is -3.65. The lowest BCUT2D eigenvalue weighted by molar-refractivity contribution is -0.119. The number of esters is 1. The van der Waals surface area contributed by atoms with E-state index in [1.165, 1.54) is 24.3 Å². The molecule has 0 saturated carbocycles. The lowest BCUT2D eigenvalue weighted by atomic mass is 10.1. The molecule has 0 aliphatic carbocycles. The first kappa shape index (κ1) is 24.0. The zero-order chi connectivity index (χ0) is 24.0. The first-order valence-corrected chi connectivity index (χ1v) is 11.9. The normalized spacial score (nSPS) is 11.0. The van der Waals surface area contributed by atoms with E-state index in [1.807, 2.05) is 45.0 Å². The highest BCUT2D eigenvalue weighted by atomic mass is 32.2. The third-order valence-corrected chi connectivity index (χ3v) is 6.37. The van der Waals surface area contributed by atoms with Gasteiger partial charge >= 0.3 is 5.97 Å². The third kappa shape index (κ3) is 6.20. The summed E-state index contributed by atoms with van der Waals surface area (Å²) in [7, 11) is -3.91. The van der Waals surface area contributed by atoms with Gasteiger partial charge in [0.05, 0.1) is 10.5 Å². The van der Waals surface area contributed by atoms with Crippen LogP contribution in [0.15, 0.2) is 71.6 Å². The first-order chi connectivity index (χ1) is 15.7. The molecule has 0 aliphatic rings. The van der Waals surface area contributed by atoms with E-state index >= 15 is 0 Å². The fourth-order valence-corrected chi connectivity index (χ4v) is 4.40. The molecule has 0 unspecified atom stereocenters. The van der Waals surface area contributed by atoms with Gasteiger partial charge in [0, 0.05) is 11.4 Å². The fraction of sp³-hybridized carbons (Fsp3) is 0.200. The Morgan fingerprint density at radius 3 is 2.39 bits per heavy atom. The number of anilines is 2. The molecule has 3 aromatic rings. The highest BCUT2D eigenvalue weighted by Gasteiger charge is 2.18. The number of aryl methyl sites for hydroxylation is 3. The molecular formula is C25H26N2O5S. The summed E-state index contributed by atoms with van der Waals surface area (Å²) in [5, 5.41) is 2.78. The molecule has 3 aromatic carbocycles. The number of nitrogens with one attached hydrogen (secondary N) is 2. The third-order valence-electron chi connectivity index (χ3n) is 4.99. The summed E-state index contributed by atoms with van der Waals surface area (Å²) in [5.74, 6) is -1.27. The highest BCUT2D eigenvalue weighted by Crippen LogP contribution is 2.21. The van der Waals surface area contributed by atoms with Crippen LogP contribution in [0.2, 0.25) is 0 Å². The van der Waals surface area contributed by atoms with Gasteiger partial charge in [-0.05, 0) is 67.3 Å². The molecule has 33 heavy (non-hydrogen) atoms. The predicted octanol–water partition coefficient (Wildman–Crippen LogP) is 4.46. The molecule has 0 aliphatic heterocycles. The smallest absolute Gasteiger partial charge is 0.338 e. The first-order valence-electron chi connectivity index (χ1n) is 10.4. The van der Waals surface area contributed by atoms with Gasteiger partial charge in [-0.15, -0.1) is 0 Å². The second-order valence-electron chi connectivity index (χ2n) is 7.59. The number of ether oxygens (including phenoxy) is 1. The number of carbonyl (C=O) groups excluding carboxylic acids is 2. The monoisotopic (exact) mass is 466 g/mol. The van der Waals surface area contributed by atoms with E-state index in [-0.39, 0.29) is 10.5 Å². The number of benzene rings is 3. The number of sulfonamides is 1. The van der Waals surface area contributed by atoms with Gasteiger partial charge in [-0.1, -0.05) is 43.3 Å². The Morgan fingerprint density at radius 2 is 1.67 bits per heavy atom. The Kier molecular flexibility index (Phi) is 7.50. The maximum absolute atomic E-state index is 12.7. The molecule has 1 amide bonds. The summed E-state index contributed by atoms with van der Waals surface area (Å²) in [4.78, 5) is 24.7. The molecule has 7 nitrogen and oxygen atoms in total. The van der Waals surface area contributed by atoms with Gasteiger partial charge in [0.2, 0.25) is 0 Å². The quantitative estimate of drug-likeness (QED) is 0.477. The largest absolute Gasteiger partial charge is 0.452 e. The molecule has 0 fully saturated rings. The van der Waals surface area contributed by atoms with E-state index < -0.39 is 28.5 Å². The lowest BCUT2D eigenvalue weighted by Gasteiger charge is -2.13. The summed E-state index contributed by atoms with van der Waals surface area (Å²) < 4.78 is 33.0. The summed E-state index contributed by atoms with van der Waals surface area (Å²) in [6, 6.07) is 18.1. The molecular weight excluding hydrogens is 440 g/mol. The summed E-state index contributed by atoms with van der Waals surface area (Å²) >= 11 is 0. The van der Waals surface area contributed by atoms with Crippen molar-refractivity contribution in [3.63, 3.8) is 0 Å². The Bertz CT molecular complexity index is 1290. The van der Waals surface area contributed by atoms with Crippen LogP contribution >= 0.6 is 0 Å². The maximum Gasteiger partial charge on any atom is 0.338 e. The van der Waals surface area contributed by atoms with E-state index in [0.29, 0.717) is 11.4 Å². The second-order valence-corrected chi connectivity index (χ2v) is 9.27. The highest BCUT2D eigenvalue weighted by molar-refractivity contribution is 7.92. The minimum atomic E-state index is -3.91. The van der Waals surface area contributed by atoms with Crippen molar-refractivity contribution in [2.75, 3.05) is 16.6 Å². The molecule has 3 rings (SSSR count). The zero-order valence-electron chi connectivity index (χ0n) is 18.7. The second kappa shape index (κ2) is 10.3. The van der Waals surface area contributed by atoms with Gasteiger partial charge in [0.25, 0.3) is 15.9 Å². The average molecular weight is 467 g/mol. The Labute approximate surface area is 193 Å². The standard InChI is InChI=1S/C25H26N2O5S/c1-4-19-10-6-9-18(3)24(19)26-23(28)16-32-25(29)20-11-7-13-22(15-20)33(30,31)27-21-12-5-8-17(2)14-21/h5-15,27H,4,16H2,1-3H3,(H,26,28). The maximum atomic E-state index is 12.7. The Balaban J connectivity index is 1.67. The van der Waals surface area contributed by atoms with Gasteiger partial charge in [0.15, 0.2) is 6.61 Å². The Morgan fingerprint density at radius 1 is 0.939 bits per heavy atom. The minimum Gasteiger partial charge on any atom is -0.452 e. The SMILES string of the molecule is CCc1cccc(C)c1NC(=O)COC(=O)c1cccc(S(=O)(=O)Nc2cccc(C)c2)c1. The summed E-state index contributed by atoms with van der Waals surface area (Å²) in [6.45, 7) is 5.23. The summed E-state index contributed by atoms with van der Waals surface area (Å²) in [6.07, 6.45) is 0.745. The predicted molar refractivity (Wildman–Crippen MR) is 128 cm³/mol. The molecule has 0 saturated heterocycles. The molecule has 0 bridgehead atoms. The van der Waals surface area contributed by atoms with Crippen LogP contribution in [0, 0.1) is 13.8 Å². The number of rotatable bonds is 8. The van der Waals surface area contributed by atoms with E-state index in [9.17, 15) is 18.0 Å². The van der Waals surface area contributed by atoms with E-state index in [4.69, 9.17) is 4.74 Å². The van der Waals surface area contributed by atoms with Crippen LogP contribution in [0.1, 0.15) is 34.0 Å². The fourth-order valence-electron chi connectivity index (χ4n) is 3.30. The number of carbonyl (C=O) groups is 2. The van der Waals surface area contributed by atoms with Crippen LogP contribution in [0.4, 0.5) is 11.4 Å². The molecule has 0 heterocycles. The van der Waals surface area contributed by atoms with E-state index in [1.54, 1.807) is 18.2 Å². The molecule has 172 valence electrons. The number of amides is 1. The van der Waals surface area contributed by atoms with E-state index in [2.05, 4.69) is 10.0 Å². The van der Waals surface area contributed by atoms with Crippen molar-refractivity contribution in [1.82, 2.24) is 0 Å². The number of para-hydroxylation sites is 1. The molecule has 0 spiro atoms. The van der Waals surface area contributed by atoms with Gasteiger partial charge in [-0.3, -0.25) is 9.52 Å². The van der Waals surface area contributed by atoms with E-state index in [0.717, 1.165) is 23.1 Å². The van der Waals surface area contributed by atoms with Crippen LogP contribution in [-0.4, -0.2) is 26.9 Å². The van der Waals surface area contributed by atoms with Crippen LogP contribution in [0.25, 0.3) is 0 Å². The summed E-state index contributed by atoms with van der Waals surface area (Å²) in [5.41, 5.74) is 3.95. The van der Waals surface area contributed by atoms with Gasteiger partial charge in [0.1, 0.15) is 0 Å². The van der Waals surface area contributed by atoms with Crippen molar-refractivity contribution in [2.45, 2.75) is 32.1 Å². The zero-order valence-corrected chi connectivity index (χ0v) is 19.5. The topological polar surface area (TPSA) is 102 Å². The lowest BCUT2D eigenvalue weighted by Crippen LogP contribution is -2.22. The van der Waals surface area contributed by atoms with Gasteiger partial charge in [-0.2, -0.15) is 0 Å². The van der Waals surface area contributed by atoms with Crippen molar-refractivity contribution < 1.29 is 22.7 Å². The molecule has 0 atom stereocenters. The van der Waals surface area contributed by atoms with Crippen molar-refractivity contribution in [3.05, 3.63) is 89.0 Å². The van der Waals surface area contributed by atoms with Crippen LogP contribution in [0.5, 0.6) is 0 Å². The van der Waals surface area contributed by atoms with Crippen molar-refractivity contribution in [2.24, 2.45) is 0 Å². The number of hydrogen-bond donors (Lipinski definition) is 2. The van der Waals surface area contributed by atoms with Gasteiger partial charge in [-0.25, -0.2) is 13.2 Å². The van der Waals surface area contributed by atoms with Gasteiger partial charge < -0.3 is 10.1 Å². The molecule has 0 radical (unpaired) electrons. The van der Waals surface area contributed by atoms with Crippen LogP contribution < -0.4 is 10.0 Å². The van der Waals surface area contributed by atoms with Crippen molar-refractivity contribution >= 4 is 33.3 Å². The molecule has 2 N–H and O–H groups in total. The van der Waals surface area contributed by atoms with Crippen LogP contribution in [-0.2, 0) is 26.0 Å². The molecule has 0 aromatic heterocycles. The number of hydrogen-bond acceptors (Lipinski definition) is 5. The van der Waals surface area contributed by atoms with Crippen molar-refractivity contribution in [1.29, 1.82) is 0 Å².